The summed E-state index contributed by atoms with van der Waals surface area (Å²) in [6.45, 7) is 1.67. The smallest absolute Gasteiger partial charge is 0.255 e. The SMILES string of the molecule is CC(C(N)=NO)N(C)C(=O)c1cccnc1. The van der Waals surface area contributed by atoms with Crippen LogP contribution in [-0.2, 0) is 0 Å². The predicted octanol–water partition coefficient (Wildman–Crippen LogP) is 0.288. The molecule has 3 N–H and O–H groups in total. The summed E-state index contributed by atoms with van der Waals surface area (Å²) < 4.78 is 0. The van der Waals surface area contributed by atoms with Gasteiger partial charge in [0.25, 0.3) is 5.91 Å². The number of aromatic nitrogens is 1. The number of amides is 1. The molecule has 0 aliphatic carbocycles. The van der Waals surface area contributed by atoms with E-state index >= 15 is 0 Å². The molecule has 0 saturated carbocycles. The Bertz CT molecular complexity index is 391. The van der Waals surface area contributed by atoms with Crippen LogP contribution in [0.5, 0.6) is 0 Å². The summed E-state index contributed by atoms with van der Waals surface area (Å²) in [5.41, 5.74) is 5.88. The topological polar surface area (TPSA) is 91.8 Å². The Labute approximate surface area is 93.4 Å². The van der Waals surface area contributed by atoms with Gasteiger partial charge in [-0.2, -0.15) is 0 Å². The van der Waals surface area contributed by atoms with Crippen molar-refractivity contribution in [3.8, 4) is 0 Å². The summed E-state index contributed by atoms with van der Waals surface area (Å²) >= 11 is 0. The second-order valence-electron chi connectivity index (χ2n) is 3.36. The zero-order valence-corrected chi connectivity index (χ0v) is 9.16. The molecule has 0 spiro atoms. The number of pyridine rings is 1. The van der Waals surface area contributed by atoms with Gasteiger partial charge in [-0.3, -0.25) is 9.78 Å². The van der Waals surface area contributed by atoms with Gasteiger partial charge in [0.1, 0.15) is 0 Å². The lowest BCUT2D eigenvalue weighted by atomic mass is 10.2. The average Bonchev–Trinajstić information content (AvgIpc) is 2.36. The maximum atomic E-state index is 11.9. The second-order valence-corrected chi connectivity index (χ2v) is 3.36. The number of hydrogen-bond acceptors (Lipinski definition) is 4. The van der Waals surface area contributed by atoms with Crippen molar-refractivity contribution in [3.63, 3.8) is 0 Å². The molecule has 6 nitrogen and oxygen atoms in total. The number of rotatable bonds is 3. The summed E-state index contributed by atoms with van der Waals surface area (Å²) in [7, 11) is 1.58. The van der Waals surface area contributed by atoms with E-state index in [4.69, 9.17) is 10.9 Å². The number of amidine groups is 1. The molecule has 86 valence electrons. The van der Waals surface area contributed by atoms with Gasteiger partial charge in [0.2, 0.25) is 0 Å². The third kappa shape index (κ3) is 2.47. The highest BCUT2D eigenvalue weighted by Crippen LogP contribution is 2.05. The van der Waals surface area contributed by atoms with E-state index < -0.39 is 6.04 Å². The van der Waals surface area contributed by atoms with Crippen LogP contribution >= 0.6 is 0 Å². The largest absolute Gasteiger partial charge is 0.409 e. The molecule has 0 bridgehead atoms. The van der Waals surface area contributed by atoms with Crippen LogP contribution in [0.25, 0.3) is 0 Å². The summed E-state index contributed by atoms with van der Waals surface area (Å²) in [6.07, 6.45) is 3.06. The van der Waals surface area contributed by atoms with E-state index in [9.17, 15) is 4.79 Å². The molecular weight excluding hydrogens is 208 g/mol. The fourth-order valence-corrected chi connectivity index (χ4v) is 1.15. The van der Waals surface area contributed by atoms with Crippen LogP contribution in [0.3, 0.4) is 0 Å². The number of nitrogens with zero attached hydrogens (tertiary/aromatic N) is 3. The molecule has 1 aromatic rings. The van der Waals surface area contributed by atoms with E-state index in [0.29, 0.717) is 5.56 Å². The monoisotopic (exact) mass is 222 g/mol. The van der Waals surface area contributed by atoms with Crippen molar-refractivity contribution in [2.24, 2.45) is 10.9 Å². The van der Waals surface area contributed by atoms with Crippen molar-refractivity contribution >= 4 is 11.7 Å². The molecule has 1 atom stereocenters. The number of likely N-dealkylation sites (N-methyl/N-ethyl adjacent to an activating group) is 1. The Hall–Kier alpha value is -2.11. The quantitative estimate of drug-likeness (QED) is 0.333. The first-order valence-corrected chi connectivity index (χ1v) is 4.72. The molecule has 0 saturated heterocycles. The number of carbonyl (C=O) groups is 1. The van der Waals surface area contributed by atoms with Gasteiger partial charge < -0.3 is 15.8 Å². The van der Waals surface area contributed by atoms with Gasteiger partial charge in [-0.05, 0) is 19.1 Å². The molecule has 0 aliphatic rings. The molecule has 1 heterocycles. The van der Waals surface area contributed by atoms with Gasteiger partial charge in [-0.1, -0.05) is 5.16 Å². The predicted molar refractivity (Wildman–Crippen MR) is 59.2 cm³/mol. The first kappa shape index (κ1) is 12.0. The summed E-state index contributed by atoms with van der Waals surface area (Å²) in [5, 5.41) is 11.4. The summed E-state index contributed by atoms with van der Waals surface area (Å²) in [6, 6.07) is 2.86. The van der Waals surface area contributed by atoms with Gasteiger partial charge >= 0.3 is 0 Å². The second kappa shape index (κ2) is 5.11. The van der Waals surface area contributed by atoms with Crippen LogP contribution in [-0.4, -0.2) is 39.9 Å². The highest BCUT2D eigenvalue weighted by Gasteiger charge is 2.20. The molecular formula is C10H14N4O2. The van der Waals surface area contributed by atoms with E-state index in [1.807, 2.05) is 0 Å². The highest BCUT2D eigenvalue weighted by molar-refractivity contribution is 5.97. The molecule has 0 radical (unpaired) electrons. The number of nitrogens with two attached hydrogens (primary N) is 1. The molecule has 0 aromatic carbocycles. The van der Waals surface area contributed by atoms with E-state index in [-0.39, 0.29) is 11.7 Å². The maximum absolute atomic E-state index is 11.9. The lowest BCUT2D eigenvalue weighted by molar-refractivity contribution is 0.0776. The maximum Gasteiger partial charge on any atom is 0.255 e. The van der Waals surface area contributed by atoms with E-state index in [1.165, 1.54) is 11.1 Å². The van der Waals surface area contributed by atoms with E-state index in [0.717, 1.165) is 0 Å². The minimum Gasteiger partial charge on any atom is -0.409 e. The van der Waals surface area contributed by atoms with Crippen LogP contribution in [0.2, 0.25) is 0 Å². The van der Waals surface area contributed by atoms with Gasteiger partial charge in [0.05, 0.1) is 11.6 Å². The Morgan fingerprint density at radius 3 is 2.88 bits per heavy atom. The first-order valence-electron chi connectivity index (χ1n) is 4.72. The molecule has 6 heteroatoms. The minimum atomic E-state index is -0.474. The zero-order valence-electron chi connectivity index (χ0n) is 9.16. The summed E-state index contributed by atoms with van der Waals surface area (Å²) in [5.74, 6) is -0.244. The summed E-state index contributed by atoms with van der Waals surface area (Å²) in [4.78, 5) is 17.1. The Balaban J connectivity index is 2.83. The van der Waals surface area contributed by atoms with Gasteiger partial charge in [0.15, 0.2) is 5.84 Å². The normalized spacial score (nSPS) is 13.2. The van der Waals surface area contributed by atoms with Crippen molar-refractivity contribution in [3.05, 3.63) is 30.1 Å². The fraction of sp³-hybridized carbons (Fsp3) is 0.300. The van der Waals surface area contributed by atoms with Crippen LogP contribution in [0.1, 0.15) is 17.3 Å². The fourth-order valence-electron chi connectivity index (χ4n) is 1.15. The van der Waals surface area contributed by atoms with Crippen LogP contribution < -0.4 is 5.73 Å². The molecule has 0 aliphatic heterocycles. The number of hydrogen-bond donors (Lipinski definition) is 2. The van der Waals surface area contributed by atoms with E-state index in [2.05, 4.69) is 10.1 Å². The van der Waals surface area contributed by atoms with Crippen molar-refractivity contribution in [2.45, 2.75) is 13.0 Å². The average molecular weight is 222 g/mol. The third-order valence-electron chi connectivity index (χ3n) is 2.35. The third-order valence-corrected chi connectivity index (χ3v) is 2.35. The molecule has 1 amide bonds. The van der Waals surface area contributed by atoms with Crippen LogP contribution in [0, 0.1) is 0 Å². The van der Waals surface area contributed by atoms with Gasteiger partial charge in [-0.15, -0.1) is 0 Å². The molecule has 1 unspecified atom stereocenters. The van der Waals surface area contributed by atoms with E-state index in [1.54, 1.807) is 32.3 Å². The van der Waals surface area contributed by atoms with Crippen molar-refractivity contribution in [1.82, 2.24) is 9.88 Å². The van der Waals surface area contributed by atoms with Gasteiger partial charge in [0, 0.05) is 19.4 Å². The molecule has 16 heavy (non-hydrogen) atoms. The Kier molecular flexibility index (Phi) is 3.82. The molecule has 0 fully saturated rings. The lowest BCUT2D eigenvalue weighted by Gasteiger charge is -2.23. The number of carbonyl (C=O) groups excluding carboxylic acids is 1. The molecule has 1 rings (SSSR count). The van der Waals surface area contributed by atoms with Crippen LogP contribution in [0.4, 0.5) is 0 Å². The van der Waals surface area contributed by atoms with Crippen molar-refractivity contribution in [2.75, 3.05) is 7.05 Å². The number of oxime groups is 1. The Morgan fingerprint density at radius 2 is 2.38 bits per heavy atom. The van der Waals surface area contributed by atoms with Crippen molar-refractivity contribution < 1.29 is 10.0 Å². The van der Waals surface area contributed by atoms with Gasteiger partial charge in [-0.25, -0.2) is 0 Å². The first-order chi connectivity index (χ1) is 7.57. The lowest BCUT2D eigenvalue weighted by Crippen LogP contribution is -2.43. The zero-order chi connectivity index (χ0) is 12.1. The Morgan fingerprint density at radius 1 is 1.69 bits per heavy atom. The standard InChI is InChI=1S/C10H14N4O2/c1-7(9(11)13-16)14(2)10(15)8-4-3-5-12-6-8/h3-7,16H,1-2H3,(H2,11,13). The van der Waals surface area contributed by atoms with Crippen LogP contribution in [0.15, 0.2) is 29.7 Å². The van der Waals surface area contributed by atoms with Crippen molar-refractivity contribution in [1.29, 1.82) is 0 Å². The highest BCUT2D eigenvalue weighted by atomic mass is 16.4. The minimum absolute atomic E-state index is 0.0141. The molecule has 1 aromatic heterocycles.